The van der Waals surface area contributed by atoms with Crippen LogP contribution >= 0.6 is 15.9 Å². The molecule has 0 atom stereocenters. The van der Waals surface area contributed by atoms with E-state index >= 15 is 0 Å². The van der Waals surface area contributed by atoms with Crippen LogP contribution in [0.15, 0.2) is 46.9 Å². The zero-order valence-corrected chi connectivity index (χ0v) is 12.9. The van der Waals surface area contributed by atoms with E-state index in [0.717, 1.165) is 38.0 Å². The van der Waals surface area contributed by atoms with E-state index in [9.17, 15) is 4.39 Å². The lowest BCUT2D eigenvalue weighted by Crippen LogP contribution is -2.18. The zero-order chi connectivity index (χ0) is 13.9. The zero-order valence-electron chi connectivity index (χ0n) is 11.3. The standard InChI is InChI=1S/C17H17BrFN/c18-17-8-2-6-14-11-20(12-16(14)17)9-3-5-13-4-1-7-15(19)10-13/h1-2,4,6-8,10H,3,5,9,11-12H2. The van der Waals surface area contributed by atoms with Gasteiger partial charge in [-0.05, 0) is 54.3 Å². The van der Waals surface area contributed by atoms with Gasteiger partial charge in [0.2, 0.25) is 0 Å². The summed E-state index contributed by atoms with van der Waals surface area (Å²) in [6.07, 6.45) is 2.00. The first-order valence-corrected chi connectivity index (χ1v) is 7.75. The Bertz CT molecular complexity index is 612. The minimum atomic E-state index is -0.139. The molecule has 0 unspecified atom stereocenters. The first-order chi connectivity index (χ1) is 9.72. The van der Waals surface area contributed by atoms with Crippen molar-refractivity contribution in [3.8, 4) is 0 Å². The maximum Gasteiger partial charge on any atom is 0.123 e. The fourth-order valence-electron chi connectivity index (χ4n) is 2.81. The topological polar surface area (TPSA) is 3.24 Å². The molecular formula is C17H17BrFN. The molecule has 20 heavy (non-hydrogen) atoms. The van der Waals surface area contributed by atoms with E-state index in [0.29, 0.717) is 0 Å². The smallest absolute Gasteiger partial charge is 0.123 e. The molecule has 1 nitrogen and oxygen atoms in total. The Morgan fingerprint density at radius 3 is 2.75 bits per heavy atom. The summed E-state index contributed by atoms with van der Waals surface area (Å²) in [7, 11) is 0. The van der Waals surface area contributed by atoms with Crippen molar-refractivity contribution in [3.63, 3.8) is 0 Å². The first-order valence-electron chi connectivity index (χ1n) is 6.95. The highest BCUT2D eigenvalue weighted by Gasteiger charge is 2.19. The van der Waals surface area contributed by atoms with Gasteiger partial charge in [-0.15, -0.1) is 0 Å². The average Bonchev–Trinajstić information content (AvgIpc) is 2.83. The van der Waals surface area contributed by atoms with Gasteiger partial charge in [-0.3, -0.25) is 4.90 Å². The van der Waals surface area contributed by atoms with Crippen LogP contribution in [-0.2, 0) is 19.5 Å². The molecule has 0 fully saturated rings. The maximum atomic E-state index is 13.1. The summed E-state index contributed by atoms with van der Waals surface area (Å²) < 4.78 is 14.3. The Morgan fingerprint density at radius 1 is 1.10 bits per heavy atom. The fourth-order valence-corrected chi connectivity index (χ4v) is 3.34. The normalized spacial score (nSPS) is 14.5. The highest BCUT2D eigenvalue weighted by molar-refractivity contribution is 9.10. The van der Waals surface area contributed by atoms with Gasteiger partial charge in [-0.1, -0.05) is 40.2 Å². The second-order valence-electron chi connectivity index (χ2n) is 5.32. The third kappa shape index (κ3) is 3.10. The minimum absolute atomic E-state index is 0.139. The number of aryl methyl sites for hydroxylation is 1. The van der Waals surface area contributed by atoms with Crippen molar-refractivity contribution >= 4 is 15.9 Å². The second kappa shape index (κ2) is 6.06. The molecule has 1 heterocycles. The molecule has 0 aliphatic carbocycles. The molecule has 0 N–H and O–H groups in total. The molecule has 0 radical (unpaired) electrons. The van der Waals surface area contributed by atoms with Crippen LogP contribution < -0.4 is 0 Å². The number of rotatable bonds is 4. The molecule has 0 bridgehead atoms. The summed E-state index contributed by atoms with van der Waals surface area (Å²) in [4.78, 5) is 2.45. The lowest BCUT2D eigenvalue weighted by molar-refractivity contribution is 0.280. The average molecular weight is 334 g/mol. The molecule has 3 heteroatoms. The Morgan fingerprint density at radius 2 is 1.95 bits per heavy atom. The number of nitrogens with zero attached hydrogens (tertiary/aromatic N) is 1. The molecule has 0 spiro atoms. The number of hydrogen-bond donors (Lipinski definition) is 0. The highest BCUT2D eigenvalue weighted by atomic mass is 79.9. The van der Waals surface area contributed by atoms with Crippen LogP contribution in [0.2, 0.25) is 0 Å². The van der Waals surface area contributed by atoms with E-state index < -0.39 is 0 Å². The quantitative estimate of drug-likeness (QED) is 0.794. The van der Waals surface area contributed by atoms with Gasteiger partial charge < -0.3 is 0 Å². The summed E-state index contributed by atoms with van der Waals surface area (Å²) in [6, 6.07) is 13.3. The van der Waals surface area contributed by atoms with Crippen molar-refractivity contribution in [2.45, 2.75) is 25.9 Å². The summed E-state index contributed by atoms with van der Waals surface area (Å²) >= 11 is 3.62. The molecule has 2 aromatic carbocycles. The van der Waals surface area contributed by atoms with E-state index in [2.05, 4.69) is 39.0 Å². The van der Waals surface area contributed by atoms with E-state index in [1.807, 2.05) is 6.07 Å². The van der Waals surface area contributed by atoms with Gasteiger partial charge in [0, 0.05) is 17.6 Å². The van der Waals surface area contributed by atoms with E-state index in [1.54, 1.807) is 12.1 Å². The monoisotopic (exact) mass is 333 g/mol. The van der Waals surface area contributed by atoms with Crippen molar-refractivity contribution in [1.29, 1.82) is 0 Å². The van der Waals surface area contributed by atoms with Crippen LogP contribution in [-0.4, -0.2) is 11.4 Å². The largest absolute Gasteiger partial charge is 0.295 e. The molecule has 104 valence electrons. The van der Waals surface area contributed by atoms with Crippen LogP contribution in [0.3, 0.4) is 0 Å². The van der Waals surface area contributed by atoms with Gasteiger partial charge in [-0.25, -0.2) is 4.39 Å². The fraction of sp³-hybridized carbons (Fsp3) is 0.294. The van der Waals surface area contributed by atoms with Gasteiger partial charge in [0.05, 0.1) is 0 Å². The SMILES string of the molecule is Fc1cccc(CCCN2Cc3cccc(Br)c3C2)c1. The Kier molecular flexibility index (Phi) is 4.18. The lowest BCUT2D eigenvalue weighted by Gasteiger charge is -2.14. The van der Waals surface area contributed by atoms with Crippen molar-refractivity contribution in [2.75, 3.05) is 6.54 Å². The molecular weight excluding hydrogens is 317 g/mol. The van der Waals surface area contributed by atoms with E-state index in [-0.39, 0.29) is 5.82 Å². The number of benzene rings is 2. The van der Waals surface area contributed by atoms with Crippen molar-refractivity contribution < 1.29 is 4.39 Å². The molecule has 3 rings (SSSR count). The third-order valence-electron chi connectivity index (χ3n) is 3.82. The molecule has 2 aromatic rings. The van der Waals surface area contributed by atoms with Crippen LogP contribution in [0, 0.1) is 5.82 Å². The number of halogens is 2. The summed E-state index contributed by atoms with van der Waals surface area (Å²) in [5.74, 6) is -0.139. The van der Waals surface area contributed by atoms with Crippen molar-refractivity contribution in [3.05, 3.63) is 69.4 Å². The molecule has 0 amide bonds. The van der Waals surface area contributed by atoms with E-state index in [1.165, 1.54) is 21.7 Å². The number of fused-ring (bicyclic) bond motifs is 1. The van der Waals surface area contributed by atoms with Crippen molar-refractivity contribution in [1.82, 2.24) is 4.90 Å². The predicted octanol–water partition coefficient (Wildman–Crippen LogP) is 4.54. The molecule has 0 saturated heterocycles. The predicted molar refractivity (Wildman–Crippen MR) is 83.0 cm³/mol. The third-order valence-corrected chi connectivity index (χ3v) is 4.56. The van der Waals surface area contributed by atoms with Crippen LogP contribution in [0.1, 0.15) is 23.1 Å². The minimum Gasteiger partial charge on any atom is -0.295 e. The molecule has 1 aliphatic heterocycles. The molecule has 0 saturated carbocycles. The van der Waals surface area contributed by atoms with Crippen LogP contribution in [0.25, 0.3) is 0 Å². The van der Waals surface area contributed by atoms with Crippen LogP contribution in [0.5, 0.6) is 0 Å². The van der Waals surface area contributed by atoms with Gasteiger partial charge in [0.1, 0.15) is 5.82 Å². The van der Waals surface area contributed by atoms with Gasteiger partial charge in [0.25, 0.3) is 0 Å². The summed E-state index contributed by atoms with van der Waals surface area (Å²) in [6.45, 7) is 3.09. The van der Waals surface area contributed by atoms with E-state index in [4.69, 9.17) is 0 Å². The summed E-state index contributed by atoms with van der Waals surface area (Å²) in [5, 5.41) is 0. The van der Waals surface area contributed by atoms with Gasteiger partial charge in [-0.2, -0.15) is 0 Å². The lowest BCUT2D eigenvalue weighted by atomic mass is 10.1. The Labute approximate surface area is 127 Å². The van der Waals surface area contributed by atoms with Gasteiger partial charge in [0.15, 0.2) is 0 Å². The maximum absolute atomic E-state index is 13.1. The Hall–Kier alpha value is -1.19. The van der Waals surface area contributed by atoms with Crippen molar-refractivity contribution in [2.24, 2.45) is 0 Å². The van der Waals surface area contributed by atoms with Crippen LogP contribution in [0.4, 0.5) is 4.39 Å². The van der Waals surface area contributed by atoms with Gasteiger partial charge >= 0.3 is 0 Å². The first kappa shape index (κ1) is 13.8. The number of hydrogen-bond acceptors (Lipinski definition) is 1. The summed E-state index contributed by atoms with van der Waals surface area (Å²) in [5.41, 5.74) is 3.92. The molecule has 0 aromatic heterocycles. The Balaban J connectivity index is 1.53. The highest BCUT2D eigenvalue weighted by Crippen LogP contribution is 2.29. The molecule has 1 aliphatic rings. The second-order valence-corrected chi connectivity index (χ2v) is 6.18.